The Bertz CT molecular complexity index is 516. The fourth-order valence-electron chi connectivity index (χ4n) is 2.77. The SMILES string of the molecule is CCC1C(=O)NC(=O)CN1C(CN)c1cccc(C)c1. The second kappa shape index (κ2) is 6.15. The molecule has 0 spiro atoms. The average Bonchev–Trinajstić information content (AvgIpc) is 2.39. The highest BCUT2D eigenvalue weighted by atomic mass is 16.2. The van der Waals surface area contributed by atoms with Gasteiger partial charge in [0.1, 0.15) is 0 Å². The summed E-state index contributed by atoms with van der Waals surface area (Å²) in [6.45, 7) is 4.54. The van der Waals surface area contributed by atoms with Gasteiger partial charge in [0.15, 0.2) is 0 Å². The molecule has 1 aromatic carbocycles. The van der Waals surface area contributed by atoms with Crippen LogP contribution in [0.4, 0.5) is 0 Å². The zero-order valence-corrected chi connectivity index (χ0v) is 11.9. The number of carbonyl (C=O) groups excluding carboxylic acids is 2. The fourth-order valence-corrected chi connectivity index (χ4v) is 2.77. The van der Waals surface area contributed by atoms with Crippen molar-refractivity contribution in [1.29, 1.82) is 0 Å². The van der Waals surface area contributed by atoms with Crippen LogP contribution in [0.3, 0.4) is 0 Å². The number of imide groups is 1. The van der Waals surface area contributed by atoms with Crippen LogP contribution in [0, 0.1) is 6.92 Å². The van der Waals surface area contributed by atoms with Gasteiger partial charge in [-0.25, -0.2) is 0 Å². The number of nitrogens with zero attached hydrogens (tertiary/aromatic N) is 1. The highest BCUT2D eigenvalue weighted by molar-refractivity contribution is 6.01. The summed E-state index contributed by atoms with van der Waals surface area (Å²) in [5.41, 5.74) is 8.10. The molecule has 3 N–H and O–H groups in total. The minimum absolute atomic E-state index is 0.116. The smallest absolute Gasteiger partial charge is 0.243 e. The van der Waals surface area contributed by atoms with E-state index >= 15 is 0 Å². The maximum Gasteiger partial charge on any atom is 0.243 e. The van der Waals surface area contributed by atoms with Crippen molar-refractivity contribution in [3.05, 3.63) is 35.4 Å². The first-order valence-corrected chi connectivity index (χ1v) is 6.92. The number of hydrogen-bond acceptors (Lipinski definition) is 4. The molecule has 20 heavy (non-hydrogen) atoms. The maximum absolute atomic E-state index is 12.0. The van der Waals surface area contributed by atoms with Crippen molar-refractivity contribution >= 4 is 11.8 Å². The van der Waals surface area contributed by atoms with Gasteiger partial charge in [-0.3, -0.25) is 19.8 Å². The molecule has 5 nitrogen and oxygen atoms in total. The highest BCUT2D eigenvalue weighted by Gasteiger charge is 2.36. The lowest BCUT2D eigenvalue weighted by Crippen LogP contribution is -2.59. The fraction of sp³-hybridized carbons (Fsp3) is 0.467. The van der Waals surface area contributed by atoms with Crippen LogP contribution in [0.15, 0.2) is 24.3 Å². The highest BCUT2D eigenvalue weighted by Crippen LogP contribution is 2.25. The quantitative estimate of drug-likeness (QED) is 0.794. The first kappa shape index (κ1) is 14.7. The number of nitrogens with one attached hydrogen (secondary N) is 1. The van der Waals surface area contributed by atoms with Crippen LogP contribution < -0.4 is 11.1 Å². The van der Waals surface area contributed by atoms with Gasteiger partial charge < -0.3 is 5.73 Å². The van der Waals surface area contributed by atoms with Crippen LogP contribution in [0.5, 0.6) is 0 Å². The Balaban J connectivity index is 2.33. The van der Waals surface area contributed by atoms with E-state index in [0.29, 0.717) is 13.0 Å². The molecule has 0 aromatic heterocycles. The summed E-state index contributed by atoms with van der Waals surface area (Å²) in [6, 6.07) is 7.62. The number of amides is 2. The van der Waals surface area contributed by atoms with Crippen LogP contribution in [0.1, 0.15) is 30.5 Å². The molecule has 0 bridgehead atoms. The molecule has 1 saturated heterocycles. The van der Waals surface area contributed by atoms with Gasteiger partial charge in [0.25, 0.3) is 0 Å². The van der Waals surface area contributed by atoms with Crippen molar-refractivity contribution in [3.8, 4) is 0 Å². The number of nitrogens with two attached hydrogens (primary N) is 1. The van der Waals surface area contributed by atoms with Crippen molar-refractivity contribution < 1.29 is 9.59 Å². The molecule has 1 aliphatic rings. The number of rotatable bonds is 4. The van der Waals surface area contributed by atoms with E-state index in [9.17, 15) is 9.59 Å². The summed E-state index contributed by atoms with van der Waals surface area (Å²) in [5.74, 6) is -0.486. The standard InChI is InChI=1S/C15H21N3O2/c1-3-12-15(20)17-14(19)9-18(12)13(8-16)11-6-4-5-10(2)7-11/h4-7,12-13H,3,8-9,16H2,1-2H3,(H,17,19,20). The molecule has 108 valence electrons. The molecule has 2 atom stereocenters. The average molecular weight is 275 g/mol. The van der Waals surface area contributed by atoms with Crippen LogP contribution in [-0.2, 0) is 9.59 Å². The minimum atomic E-state index is -0.304. The summed E-state index contributed by atoms with van der Waals surface area (Å²) >= 11 is 0. The van der Waals surface area contributed by atoms with E-state index in [1.165, 1.54) is 0 Å². The molecular weight excluding hydrogens is 254 g/mol. The van der Waals surface area contributed by atoms with E-state index in [1.54, 1.807) is 0 Å². The normalized spacial score (nSPS) is 21.6. The van der Waals surface area contributed by atoms with E-state index in [-0.39, 0.29) is 30.4 Å². The number of aryl methyl sites for hydroxylation is 1. The Labute approximate surface area is 119 Å². The number of carbonyl (C=O) groups is 2. The Morgan fingerprint density at radius 2 is 2.20 bits per heavy atom. The molecule has 2 unspecified atom stereocenters. The summed E-state index contributed by atoms with van der Waals surface area (Å²) in [6.07, 6.45) is 0.654. The Morgan fingerprint density at radius 1 is 1.45 bits per heavy atom. The van der Waals surface area contributed by atoms with Crippen molar-refractivity contribution in [2.75, 3.05) is 13.1 Å². The zero-order valence-electron chi connectivity index (χ0n) is 11.9. The third-order valence-electron chi connectivity index (χ3n) is 3.73. The van der Waals surface area contributed by atoms with E-state index in [4.69, 9.17) is 5.73 Å². The Hall–Kier alpha value is -1.72. The molecule has 5 heteroatoms. The van der Waals surface area contributed by atoms with Gasteiger partial charge in [-0.2, -0.15) is 0 Å². The molecule has 1 fully saturated rings. The lowest BCUT2D eigenvalue weighted by Gasteiger charge is -2.39. The molecule has 1 heterocycles. The lowest BCUT2D eigenvalue weighted by atomic mass is 9.99. The van der Waals surface area contributed by atoms with Gasteiger partial charge in [0, 0.05) is 12.6 Å². The maximum atomic E-state index is 12.0. The summed E-state index contributed by atoms with van der Waals surface area (Å²) < 4.78 is 0. The van der Waals surface area contributed by atoms with E-state index in [0.717, 1.165) is 11.1 Å². The topological polar surface area (TPSA) is 75.4 Å². The van der Waals surface area contributed by atoms with Gasteiger partial charge in [-0.15, -0.1) is 0 Å². The third kappa shape index (κ3) is 2.89. The largest absolute Gasteiger partial charge is 0.329 e. The van der Waals surface area contributed by atoms with Crippen LogP contribution >= 0.6 is 0 Å². The summed E-state index contributed by atoms with van der Waals surface area (Å²) in [4.78, 5) is 25.5. The van der Waals surface area contributed by atoms with Gasteiger partial charge >= 0.3 is 0 Å². The Kier molecular flexibility index (Phi) is 4.52. The second-order valence-corrected chi connectivity index (χ2v) is 5.17. The minimum Gasteiger partial charge on any atom is -0.329 e. The van der Waals surface area contributed by atoms with Crippen molar-refractivity contribution in [3.63, 3.8) is 0 Å². The lowest BCUT2D eigenvalue weighted by molar-refractivity contribution is -0.141. The molecule has 0 aliphatic carbocycles. The van der Waals surface area contributed by atoms with Crippen molar-refractivity contribution in [2.45, 2.75) is 32.4 Å². The van der Waals surface area contributed by atoms with Crippen LogP contribution in [0.2, 0.25) is 0 Å². The molecule has 2 amide bonds. The first-order chi connectivity index (χ1) is 9.56. The van der Waals surface area contributed by atoms with Crippen LogP contribution in [0.25, 0.3) is 0 Å². The second-order valence-electron chi connectivity index (χ2n) is 5.17. The van der Waals surface area contributed by atoms with Gasteiger partial charge in [0.2, 0.25) is 11.8 Å². The Morgan fingerprint density at radius 3 is 2.80 bits per heavy atom. The summed E-state index contributed by atoms with van der Waals surface area (Å²) in [5, 5.41) is 2.39. The van der Waals surface area contributed by atoms with Crippen LogP contribution in [-0.4, -0.2) is 35.8 Å². The van der Waals surface area contributed by atoms with Gasteiger partial charge in [-0.1, -0.05) is 36.8 Å². The molecular formula is C15H21N3O2. The number of hydrogen-bond donors (Lipinski definition) is 2. The number of piperazine rings is 1. The van der Waals surface area contributed by atoms with Gasteiger partial charge in [-0.05, 0) is 18.9 Å². The van der Waals surface area contributed by atoms with E-state index < -0.39 is 0 Å². The third-order valence-corrected chi connectivity index (χ3v) is 3.73. The zero-order chi connectivity index (χ0) is 14.7. The predicted molar refractivity (Wildman–Crippen MR) is 76.9 cm³/mol. The van der Waals surface area contributed by atoms with E-state index in [1.807, 2.05) is 36.9 Å². The van der Waals surface area contributed by atoms with Crippen molar-refractivity contribution in [1.82, 2.24) is 10.2 Å². The molecule has 1 aliphatic heterocycles. The molecule has 2 rings (SSSR count). The number of benzene rings is 1. The monoisotopic (exact) mass is 275 g/mol. The van der Waals surface area contributed by atoms with Crippen molar-refractivity contribution in [2.24, 2.45) is 5.73 Å². The molecule has 0 saturated carbocycles. The van der Waals surface area contributed by atoms with E-state index in [2.05, 4.69) is 11.4 Å². The van der Waals surface area contributed by atoms with Gasteiger partial charge in [0.05, 0.1) is 12.6 Å². The molecule has 0 radical (unpaired) electrons. The first-order valence-electron chi connectivity index (χ1n) is 6.92. The predicted octanol–water partition coefficient (Wildman–Crippen LogP) is 0.732. The molecule has 1 aromatic rings. The summed E-state index contributed by atoms with van der Waals surface area (Å²) in [7, 11) is 0.